The number of hydrogen-bond donors (Lipinski definition) is 0. The van der Waals surface area contributed by atoms with Crippen LogP contribution in [0.25, 0.3) is 5.69 Å². The summed E-state index contributed by atoms with van der Waals surface area (Å²) in [7, 11) is 0. The second-order valence-corrected chi connectivity index (χ2v) is 5.93. The number of tetrazole rings is 1. The fourth-order valence-corrected chi connectivity index (χ4v) is 2.98. The molecule has 6 nitrogen and oxygen atoms in total. The van der Waals surface area contributed by atoms with E-state index in [2.05, 4.69) is 15.5 Å². The third-order valence-corrected chi connectivity index (χ3v) is 4.16. The van der Waals surface area contributed by atoms with Crippen molar-refractivity contribution in [1.29, 1.82) is 0 Å². The van der Waals surface area contributed by atoms with Crippen LogP contribution < -0.4 is 0 Å². The zero-order valence-electron chi connectivity index (χ0n) is 13.1. The maximum absolute atomic E-state index is 11.3. The molecule has 0 atom stereocenters. The first-order valence-electron chi connectivity index (χ1n) is 7.27. The number of aromatic nitrogens is 4. The number of hydrogen-bond acceptors (Lipinski definition) is 6. The average molecular weight is 320 g/mol. The van der Waals surface area contributed by atoms with E-state index in [0.29, 0.717) is 13.0 Å². The van der Waals surface area contributed by atoms with E-state index in [1.54, 1.807) is 16.4 Å². The van der Waals surface area contributed by atoms with E-state index in [-0.39, 0.29) is 5.97 Å². The van der Waals surface area contributed by atoms with E-state index in [1.807, 2.05) is 39.0 Å². The Labute approximate surface area is 134 Å². The molecule has 0 amide bonds. The van der Waals surface area contributed by atoms with Crippen LogP contribution in [0.15, 0.2) is 23.4 Å². The predicted molar refractivity (Wildman–Crippen MR) is 85.2 cm³/mol. The van der Waals surface area contributed by atoms with Crippen molar-refractivity contribution in [2.75, 3.05) is 12.4 Å². The van der Waals surface area contributed by atoms with Crippen molar-refractivity contribution >= 4 is 17.7 Å². The predicted octanol–water partition coefficient (Wildman–Crippen LogP) is 2.71. The van der Waals surface area contributed by atoms with E-state index < -0.39 is 0 Å². The van der Waals surface area contributed by atoms with Crippen molar-refractivity contribution in [1.82, 2.24) is 20.2 Å². The van der Waals surface area contributed by atoms with Gasteiger partial charge < -0.3 is 4.74 Å². The Morgan fingerprint density at radius 3 is 2.73 bits per heavy atom. The number of nitrogens with zero attached hydrogens (tertiary/aromatic N) is 4. The second kappa shape index (κ2) is 7.93. The van der Waals surface area contributed by atoms with Crippen LogP contribution in [0, 0.1) is 13.8 Å². The smallest absolute Gasteiger partial charge is 0.305 e. The van der Waals surface area contributed by atoms with Crippen molar-refractivity contribution < 1.29 is 9.53 Å². The standard InChI is InChI=1S/C15H20N4O2S/c1-4-21-13(20)9-6-10-22-15-16-17-18-19(15)14-11(2)7-5-8-12(14)3/h5,7-8H,4,6,9-10H2,1-3H3. The fourth-order valence-electron chi connectivity index (χ4n) is 2.16. The highest BCUT2D eigenvalue weighted by atomic mass is 32.2. The number of carbonyl (C=O) groups excluding carboxylic acids is 1. The molecule has 118 valence electrons. The minimum absolute atomic E-state index is 0.155. The van der Waals surface area contributed by atoms with Crippen molar-refractivity contribution in [3.05, 3.63) is 29.3 Å². The van der Waals surface area contributed by atoms with Gasteiger partial charge in [-0.2, -0.15) is 4.68 Å². The molecule has 0 spiro atoms. The van der Waals surface area contributed by atoms with E-state index in [0.717, 1.165) is 34.1 Å². The van der Waals surface area contributed by atoms with Crippen molar-refractivity contribution in [3.8, 4) is 5.69 Å². The number of thioether (sulfide) groups is 1. The van der Waals surface area contributed by atoms with Gasteiger partial charge in [-0.05, 0) is 48.7 Å². The van der Waals surface area contributed by atoms with Gasteiger partial charge in [0, 0.05) is 12.2 Å². The Bertz CT molecular complexity index is 622. The Hall–Kier alpha value is -1.89. The van der Waals surface area contributed by atoms with Crippen LogP contribution >= 0.6 is 11.8 Å². The van der Waals surface area contributed by atoms with Gasteiger partial charge in [0.05, 0.1) is 12.3 Å². The first kappa shape index (κ1) is 16.5. The van der Waals surface area contributed by atoms with Gasteiger partial charge in [0.1, 0.15) is 0 Å². The molecule has 0 saturated heterocycles. The van der Waals surface area contributed by atoms with Crippen LogP contribution in [0.2, 0.25) is 0 Å². The largest absolute Gasteiger partial charge is 0.466 e. The van der Waals surface area contributed by atoms with Gasteiger partial charge in [-0.3, -0.25) is 4.79 Å². The number of rotatable bonds is 7. The minimum atomic E-state index is -0.155. The topological polar surface area (TPSA) is 69.9 Å². The normalized spacial score (nSPS) is 10.7. The molecule has 22 heavy (non-hydrogen) atoms. The van der Waals surface area contributed by atoms with Crippen LogP contribution in [-0.4, -0.2) is 38.5 Å². The van der Waals surface area contributed by atoms with Crippen molar-refractivity contribution in [3.63, 3.8) is 0 Å². The van der Waals surface area contributed by atoms with Gasteiger partial charge in [-0.25, -0.2) is 0 Å². The SMILES string of the molecule is CCOC(=O)CCCSc1nnnn1-c1c(C)cccc1C. The van der Waals surface area contributed by atoms with Crippen LogP contribution in [-0.2, 0) is 9.53 Å². The molecular formula is C15H20N4O2S. The molecule has 1 aromatic carbocycles. The average Bonchev–Trinajstić information content (AvgIpc) is 2.92. The molecule has 0 bridgehead atoms. The number of esters is 1. The number of benzene rings is 1. The lowest BCUT2D eigenvalue weighted by Crippen LogP contribution is -2.05. The highest BCUT2D eigenvalue weighted by Crippen LogP contribution is 2.23. The fraction of sp³-hybridized carbons (Fsp3) is 0.467. The van der Waals surface area contributed by atoms with Gasteiger partial charge in [0.2, 0.25) is 5.16 Å². The highest BCUT2D eigenvalue weighted by Gasteiger charge is 2.13. The maximum atomic E-state index is 11.3. The lowest BCUT2D eigenvalue weighted by atomic mass is 10.1. The first-order chi connectivity index (χ1) is 10.6. The zero-order valence-corrected chi connectivity index (χ0v) is 13.9. The molecule has 0 radical (unpaired) electrons. The molecule has 0 aliphatic carbocycles. The zero-order chi connectivity index (χ0) is 15.9. The van der Waals surface area contributed by atoms with E-state index in [9.17, 15) is 4.79 Å². The van der Waals surface area contributed by atoms with Crippen LogP contribution in [0.5, 0.6) is 0 Å². The summed E-state index contributed by atoms with van der Waals surface area (Å²) in [6.07, 6.45) is 1.16. The summed E-state index contributed by atoms with van der Waals surface area (Å²) in [6, 6.07) is 6.10. The second-order valence-electron chi connectivity index (χ2n) is 4.87. The summed E-state index contributed by atoms with van der Waals surface area (Å²) in [5, 5.41) is 12.7. The quantitative estimate of drug-likeness (QED) is 0.444. The van der Waals surface area contributed by atoms with E-state index in [4.69, 9.17) is 4.74 Å². The summed E-state index contributed by atoms with van der Waals surface area (Å²) in [6.45, 7) is 6.32. The summed E-state index contributed by atoms with van der Waals surface area (Å²) >= 11 is 1.55. The molecule has 1 heterocycles. The molecule has 0 aliphatic rings. The molecule has 0 N–H and O–H groups in total. The van der Waals surface area contributed by atoms with Gasteiger partial charge in [0.25, 0.3) is 0 Å². The van der Waals surface area contributed by atoms with Gasteiger partial charge in [-0.15, -0.1) is 5.10 Å². The summed E-state index contributed by atoms with van der Waals surface area (Å²) in [4.78, 5) is 11.3. The summed E-state index contributed by atoms with van der Waals surface area (Å²) in [5.41, 5.74) is 3.27. The third-order valence-electron chi connectivity index (χ3n) is 3.15. The Morgan fingerprint density at radius 2 is 2.05 bits per heavy atom. The van der Waals surface area contributed by atoms with E-state index >= 15 is 0 Å². The summed E-state index contributed by atoms with van der Waals surface area (Å²) in [5.74, 6) is 0.613. The lowest BCUT2D eigenvalue weighted by molar-refractivity contribution is -0.143. The van der Waals surface area contributed by atoms with Crippen molar-refractivity contribution in [2.45, 2.75) is 38.8 Å². The van der Waals surface area contributed by atoms with Gasteiger partial charge >= 0.3 is 5.97 Å². The first-order valence-corrected chi connectivity index (χ1v) is 8.25. The Kier molecular flexibility index (Phi) is 5.94. The van der Waals surface area contributed by atoms with E-state index in [1.165, 1.54) is 0 Å². The molecule has 2 aromatic rings. The van der Waals surface area contributed by atoms with Gasteiger partial charge in [-0.1, -0.05) is 30.0 Å². The number of ether oxygens (including phenoxy) is 1. The van der Waals surface area contributed by atoms with Gasteiger partial charge in [0.15, 0.2) is 0 Å². The molecule has 1 aromatic heterocycles. The third kappa shape index (κ3) is 4.07. The molecular weight excluding hydrogens is 300 g/mol. The lowest BCUT2D eigenvalue weighted by Gasteiger charge is -2.10. The molecule has 0 fully saturated rings. The molecule has 0 saturated carbocycles. The van der Waals surface area contributed by atoms with Crippen LogP contribution in [0.3, 0.4) is 0 Å². The van der Waals surface area contributed by atoms with Crippen LogP contribution in [0.4, 0.5) is 0 Å². The molecule has 0 aliphatic heterocycles. The molecule has 2 rings (SSSR count). The summed E-state index contributed by atoms with van der Waals surface area (Å²) < 4.78 is 6.67. The Morgan fingerprint density at radius 1 is 1.32 bits per heavy atom. The highest BCUT2D eigenvalue weighted by molar-refractivity contribution is 7.99. The number of para-hydroxylation sites is 1. The van der Waals surface area contributed by atoms with Crippen LogP contribution in [0.1, 0.15) is 30.9 Å². The van der Waals surface area contributed by atoms with Crippen molar-refractivity contribution in [2.24, 2.45) is 0 Å². The monoisotopic (exact) mass is 320 g/mol. The molecule has 0 unspecified atom stereocenters. The molecule has 7 heteroatoms. The minimum Gasteiger partial charge on any atom is -0.466 e. The Balaban J connectivity index is 2.00. The maximum Gasteiger partial charge on any atom is 0.305 e. The number of aryl methyl sites for hydroxylation is 2. The number of carbonyl (C=O) groups is 1.